The van der Waals surface area contributed by atoms with Gasteiger partial charge in [-0.1, -0.05) is 80.4 Å². The monoisotopic (exact) mass is 831 g/mol. The van der Waals surface area contributed by atoms with Crippen LogP contribution in [0.1, 0.15) is 49.5 Å². The van der Waals surface area contributed by atoms with Crippen molar-refractivity contribution < 1.29 is 33.3 Å². The Morgan fingerprint density at radius 3 is 1.79 bits per heavy atom. The smallest absolute Gasteiger partial charge is 0.337 e. The van der Waals surface area contributed by atoms with Gasteiger partial charge in [0.25, 0.3) is 0 Å². The molecule has 2 N–H and O–H groups in total. The van der Waals surface area contributed by atoms with Crippen molar-refractivity contribution in [3.63, 3.8) is 0 Å². The fourth-order valence-electron chi connectivity index (χ4n) is 5.63. The average Bonchev–Trinajstić information content (AvgIpc) is 3.54. The van der Waals surface area contributed by atoms with Crippen LogP contribution in [0.3, 0.4) is 0 Å². The number of carbonyl (C=O) groups excluding carboxylic acids is 3. The van der Waals surface area contributed by atoms with E-state index in [1.165, 1.54) is 20.3 Å². The van der Waals surface area contributed by atoms with Crippen molar-refractivity contribution in [2.75, 3.05) is 47.2 Å². The highest BCUT2D eigenvalue weighted by molar-refractivity contribution is 9.10. The summed E-state index contributed by atoms with van der Waals surface area (Å²) in [4.78, 5) is 43.8. The van der Waals surface area contributed by atoms with Crippen molar-refractivity contribution in [3.8, 4) is 33.9 Å². The van der Waals surface area contributed by atoms with Crippen molar-refractivity contribution in [1.29, 1.82) is 0 Å². The molecular weight excluding hydrogens is 794 g/mol. The van der Waals surface area contributed by atoms with Gasteiger partial charge in [-0.25, -0.2) is 14.6 Å². The number of nitrogens with zero attached hydrogens (tertiary/aromatic N) is 2. The molecule has 52 heavy (non-hydrogen) atoms. The second-order valence-electron chi connectivity index (χ2n) is 11.8. The Bertz CT molecular complexity index is 1960. The fraction of sp³-hybridized carbons (Fsp3) is 0.250. The number of benzene rings is 4. The van der Waals surface area contributed by atoms with Crippen LogP contribution in [-0.2, 0) is 25.5 Å². The van der Waals surface area contributed by atoms with Crippen LogP contribution in [-0.4, -0.2) is 74.5 Å². The minimum absolute atomic E-state index is 0.0286. The number of halogens is 2. The Hall–Kier alpha value is -4.46. The van der Waals surface area contributed by atoms with E-state index in [-0.39, 0.29) is 16.9 Å². The van der Waals surface area contributed by atoms with E-state index in [2.05, 4.69) is 36.4 Å². The SMILES string of the molecule is COC(=O)c1cc(C(=O)OC)cc(-c2nc(-c3ccc(Br)cc3)c(-c3ccc(Br)cc3)n2Cc2ccc(C(=O)CCCOCCOCCN)cc2)c1. The van der Waals surface area contributed by atoms with Crippen LogP contribution in [0.4, 0.5) is 0 Å². The van der Waals surface area contributed by atoms with Crippen molar-refractivity contribution in [3.05, 3.63) is 122 Å². The van der Waals surface area contributed by atoms with E-state index in [0.29, 0.717) is 75.0 Å². The molecule has 0 aliphatic carbocycles. The Balaban J connectivity index is 1.55. The van der Waals surface area contributed by atoms with Gasteiger partial charge in [-0.15, -0.1) is 0 Å². The lowest BCUT2D eigenvalue weighted by Gasteiger charge is -2.15. The standard InChI is InChI=1S/C40H39Br2N3O7/c1-49-39(47)31-22-30(23-32(24-31)40(48)50-2)38-44-36(28-9-13-33(41)14-10-28)37(29-11-15-34(42)16-12-29)45(38)25-26-5-7-27(8-6-26)35(46)4-3-18-51-20-21-52-19-17-43/h5-16,22-24H,3-4,17-21,25,43H2,1-2H3. The van der Waals surface area contributed by atoms with Gasteiger partial charge in [-0.05, 0) is 54.4 Å². The Kier molecular flexibility index (Phi) is 14.1. The number of rotatable bonds is 17. The molecule has 0 saturated carbocycles. The largest absolute Gasteiger partial charge is 0.465 e. The maximum absolute atomic E-state index is 13.0. The molecule has 4 aromatic carbocycles. The topological polar surface area (TPSA) is 132 Å². The molecule has 0 unspecified atom stereocenters. The lowest BCUT2D eigenvalue weighted by Crippen LogP contribution is -2.12. The van der Waals surface area contributed by atoms with Gasteiger partial charge in [-0.3, -0.25) is 4.79 Å². The molecule has 0 aliphatic rings. The third-order valence-corrected chi connectivity index (χ3v) is 9.24. The quantitative estimate of drug-likeness (QED) is 0.0563. The number of hydrogen-bond donors (Lipinski definition) is 1. The van der Waals surface area contributed by atoms with Crippen LogP contribution in [0.25, 0.3) is 33.9 Å². The van der Waals surface area contributed by atoms with E-state index in [9.17, 15) is 14.4 Å². The number of imidazole rings is 1. The molecule has 0 fully saturated rings. The predicted octanol–water partition coefficient (Wildman–Crippen LogP) is 7.99. The van der Waals surface area contributed by atoms with Gasteiger partial charge in [0.05, 0.1) is 56.6 Å². The summed E-state index contributed by atoms with van der Waals surface area (Å²) < 4.78 is 24.8. The number of aromatic nitrogens is 2. The first-order chi connectivity index (χ1) is 25.2. The van der Waals surface area contributed by atoms with Gasteiger partial charge in [0.2, 0.25) is 0 Å². The highest BCUT2D eigenvalue weighted by atomic mass is 79.9. The molecule has 1 aromatic heterocycles. The average molecular weight is 834 g/mol. The maximum atomic E-state index is 13.0. The predicted molar refractivity (Wildman–Crippen MR) is 206 cm³/mol. The summed E-state index contributed by atoms with van der Waals surface area (Å²) >= 11 is 7.09. The molecule has 270 valence electrons. The summed E-state index contributed by atoms with van der Waals surface area (Å²) in [7, 11) is 2.57. The first-order valence-electron chi connectivity index (χ1n) is 16.6. The first kappa shape index (κ1) is 38.8. The van der Waals surface area contributed by atoms with Crippen LogP contribution in [0.15, 0.2) is 99.9 Å². The van der Waals surface area contributed by atoms with E-state index in [4.69, 9.17) is 29.7 Å². The number of esters is 2. The van der Waals surface area contributed by atoms with Crippen LogP contribution in [0, 0.1) is 0 Å². The number of ketones is 1. The van der Waals surface area contributed by atoms with E-state index in [0.717, 1.165) is 31.3 Å². The normalized spacial score (nSPS) is 11.0. The van der Waals surface area contributed by atoms with Crippen LogP contribution >= 0.6 is 31.9 Å². The van der Waals surface area contributed by atoms with Crippen LogP contribution in [0.5, 0.6) is 0 Å². The van der Waals surface area contributed by atoms with Crippen LogP contribution < -0.4 is 5.73 Å². The summed E-state index contributed by atoms with van der Waals surface area (Å²) in [6, 6.07) is 28.1. The molecule has 12 heteroatoms. The lowest BCUT2D eigenvalue weighted by atomic mass is 10.0. The molecule has 5 aromatic rings. The zero-order valence-corrected chi connectivity index (χ0v) is 32.1. The van der Waals surface area contributed by atoms with E-state index >= 15 is 0 Å². The Labute approximate surface area is 319 Å². The number of ether oxygens (including phenoxy) is 4. The van der Waals surface area contributed by atoms with Crippen LogP contribution in [0.2, 0.25) is 0 Å². The molecule has 0 saturated heterocycles. The van der Waals surface area contributed by atoms with Gasteiger partial charge in [0.1, 0.15) is 5.82 Å². The third-order valence-electron chi connectivity index (χ3n) is 8.18. The summed E-state index contributed by atoms with van der Waals surface area (Å²) in [5.41, 5.74) is 11.1. The zero-order valence-electron chi connectivity index (χ0n) is 28.9. The van der Waals surface area contributed by atoms with Crippen molar-refractivity contribution in [2.45, 2.75) is 19.4 Å². The minimum atomic E-state index is -0.602. The third kappa shape index (κ3) is 9.90. The fourth-order valence-corrected chi connectivity index (χ4v) is 6.16. The summed E-state index contributed by atoms with van der Waals surface area (Å²) in [5.74, 6) is -0.661. The minimum Gasteiger partial charge on any atom is -0.465 e. The van der Waals surface area contributed by atoms with Crippen molar-refractivity contribution >= 4 is 49.6 Å². The number of Topliss-reactive ketones (excluding diaryl/α,β-unsaturated/α-hetero) is 1. The molecule has 0 amide bonds. The number of methoxy groups -OCH3 is 2. The van der Waals surface area contributed by atoms with E-state index in [1.54, 1.807) is 12.1 Å². The van der Waals surface area contributed by atoms with Gasteiger partial charge in [0, 0.05) is 57.3 Å². The summed E-state index contributed by atoms with van der Waals surface area (Å²) in [6.07, 6.45) is 0.960. The number of nitrogens with two attached hydrogens (primary N) is 1. The second kappa shape index (κ2) is 18.9. The highest BCUT2D eigenvalue weighted by Gasteiger charge is 2.24. The van der Waals surface area contributed by atoms with Gasteiger partial charge in [0.15, 0.2) is 5.78 Å². The molecule has 0 radical (unpaired) electrons. The summed E-state index contributed by atoms with van der Waals surface area (Å²) in [6.45, 7) is 2.72. The van der Waals surface area contributed by atoms with E-state index < -0.39 is 11.9 Å². The van der Waals surface area contributed by atoms with Gasteiger partial charge < -0.3 is 29.2 Å². The molecule has 0 atom stereocenters. The summed E-state index contributed by atoms with van der Waals surface area (Å²) in [5, 5.41) is 0. The molecule has 0 bridgehead atoms. The van der Waals surface area contributed by atoms with Crippen molar-refractivity contribution in [1.82, 2.24) is 9.55 Å². The van der Waals surface area contributed by atoms with Crippen molar-refractivity contribution in [2.24, 2.45) is 5.73 Å². The molecule has 0 aliphatic heterocycles. The Morgan fingerprint density at radius 2 is 1.23 bits per heavy atom. The first-order valence-corrected chi connectivity index (χ1v) is 18.2. The zero-order chi connectivity index (χ0) is 37.0. The molecule has 1 heterocycles. The molecule has 0 spiro atoms. The highest BCUT2D eigenvalue weighted by Crippen LogP contribution is 2.38. The second-order valence-corrected chi connectivity index (χ2v) is 13.6. The maximum Gasteiger partial charge on any atom is 0.337 e. The van der Waals surface area contributed by atoms with Gasteiger partial charge in [-0.2, -0.15) is 0 Å². The van der Waals surface area contributed by atoms with E-state index in [1.807, 2.05) is 72.8 Å². The lowest BCUT2D eigenvalue weighted by molar-refractivity contribution is 0.0489. The Morgan fingerprint density at radius 1 is 0.673 bits per heavy atom. The molecular formula is C40H39Br2N3O7. The van der Waals surface area contributed by atoms with Gasteiger partial charge >= 0.3 is 11.9 Å². The molecule has 10 nitrogen and oxygen atoms in total. The number of hydrogen-bond acceptors (Lipinski definition) is 9. The number of carbonyl (C=O) groups is 3. The molecule has 5 rings (SSSR count).